The number of nitrogens with one attached hydrogen (secondary N) is 1. The number of fused-ring (bicyclic) bond motifs is 1. The fourth-order valence-corrected chi connectivity index (χ4v) is 1.53. The summed E-state index contributed by atoms with van der Waals surface area (Å²) < 4.78 is 75.8. The number of carboxylic acids is 1. The molecule has 10 heteroatoms. The first-order chi connectivity index (χ1) is 9.04. The molecule has 1 aromatic heterocycles. The number of halogens is 6. The number of aromatic carboxylic acids is 1. The van der Waals surface area contributed by atoms with Gasteiger partial charge in [0.05, 0.1) is 11.1 Å². The normalized spacial score (nSPS) is 12.9. The summed E-state index contributed by atoms with van der Waals surface area (Å²) in [6, 6.07) is 1.05. The topological polar surface area (TPSA) is 66.0 Å². The van der Waals surface area contributed by atoms with Crippen LogP contribution in [0.3, 0.4) is 0 Å². The number of alkyl halides is 5. The molecule has 2 aromatic rings. The molecule has 0 amide bonds. The minimum absolute atomic E-state index is 0.473. The van der Waals surface area contributed by atoms with E-state index in [0.29, 0.717) is 12.1 Å². The molecule has 0 aliphatic carbocycles. The number of H-pyrrole nitrogens is 1. The van der Waals surface area contributed by atoms with E-state index < -0.39 is 46.3 Å². The van der Waals surface area contributed by atoms with Crippen molar-refractivity contribution in [2.75, 3.05) is 0 Å². The Morgan fingerprint density at radius 1 is 1.20 bits per heavy atom. The van der Waals surface area contributed by atoms with Gasteiger partial charge in [-0.3, -0.25) is 0 Å². The highest BCUT2D eigenvalue weighted by molar-refractivity contribution is 6.01. The van der Waals surface area contributed by atoms with Gasteiger partial charge in [-0.1, -0.05) is 0 Å². The zero-order chi connectivity index (χ0) is 15.3. The lowest BCUT2D eigenvalue weighted by atomic mass is 10.2. The highest BCUT2D eigenvalue weighted by Crippen LogP contribution is 2.43. The molecule has 108 valence electrons. The first-order valence-corrected chi connectivity index (χ1v) is 4.91. The quantitative estimate of drug-likeness (QED) is 0.837. The van der Waals surface area contributed by atoms with Gasteiger partial charge in [-0.2, -0.15) is 22.0 Å². The van der Waals surface area contributed by atoms with Crippen LogP contribution in [0.15, 0.2) is 12.1 Å². The number of carbonyl (C=O) groups is 1. The first kappa shape index (κ1) is 14.2. The van der Waals surface area contributed by atoms with Gasteiger partial charge in [-0.15, -0.1) is 0 Å². The van der Waals surface area contributed by atoms with Crippen molar-refractivity contribution in [1.82, 2.24) is 9.97 Å². The second-order valence-corrected chi connectivity index (χ2v) is 3.81. The number of imidazole rings is 1. The summed E-state index contributed by atoms with van der Waals surface area (Å²) in [5.41, 5.74) is -2.07. The van der Waals surface area contributed by atoms with Crippen LogP contribution < -0.4 is 0 Å². The van der Waals surface area contributed by atoms with Gasteiger partial charge in [0, 0.05) is 0 Å². The van der Waals surface area contributed by atoms with Crippen LogP contribution in [-0.2, 0) is 5.92 Å². The Bertz CT molecular complexity index is 691. The third-order valence-electron chi connectivity index (χ3n) is 2.44. The molecular weight excluding hydrogens is 294 g/mol. The second-order valence-electron chi connectivity index (χ2n) is 3.81. The maximum absolute atomic E-state index is 13.1. The molecular formula is C10H4F6N2O2. The van der Waals surface area contributed by atoms with Crippen molar-refractivity contribution in [3.05, 3.63) is 29.3 Å². The Labute approximate surface area is 106 Å². The number of aromatic nitrogens is 2. The van der Waals surface area contributed by atoms with Crippen molar-refractivity contribution < 1.29 is 36.2 Å². The summed E-state index contributed by atoms with van der Waals surface area (Å²) in [7, 11) is 0. The molecule has 1 aromatic carbocycles. The number of hydrogen-bond acceptors (Lipinski definition) is 2. The van der Waals surface area contributed by atoms with Crippen LogP contribution in [0.5, 0.6) is 0 Å². The predicted octanol–water partition coefficient (Wildman–Crippen LogP) is 3.05. The Morgan fingerprint density at radius 2 is 1.80 bits per heavy atom. The molecule has 20 heavy (non-hydrogen) atoms. The van der Waals surface area contributed by atoms with Crippen LogP contribution in [0, 0.1) is 5.82 Å². The van der Waals surface area contributed by atoms with E-state index in [9.17, 15) is 31.1 Å². The van der Waals surface area contributed by atoms with Gasteiger partial charge in [0.1, 0.15) is 11.3 Å². The van der Waals surface area contributed by atoms with Crippen molar-refractivity contribution >= 4 is 17.0 Å². The fraction of sp³-hybridized carbons (Fsp3) is 0.200. The van der Waals surface area contributed by atoms with Crippen molar-refractivity contribution in [2.24, 2.45) is 0 Å². The van der Waals surface area contributed by atoms with Crippen molar-refractivity contribution in [3.63, 3.8) is 0 Å². The summed E-state index contributed by atoms with van der Waals surface area (Å²) in [4.78, 5) is 15.3. The Morgan fingerprint density at radius 3 is 2.30 bits per heavy atom. The lowest BCUT2D eigenvalue weighted by Crippen LogP contribution is -2.34. The van der Waals surface area contributed by atoms with E-state index in [4.69, 9.17) is 5.11 Å². The molecule has 2 N–H and O–H groups in total. The minimum Gasteiger partial charge on any atom is -0.478 e. The molecule has 0 bridgehead atoms. The van der Waals surface area contributed by atoms with Gasteiger partial charge in [0.2, 0.25) is 0 Å². The van der Waals surface area contributed by atoms with Crippen LogP contribution in [-0.4, -0.2) is 27.2 Å². The second kappa shape index (κ2) is 4.12. The van der Waals surface area contributed by atoms with E-state index >= 15 is 0 Å². The van der Waals surface area contributed by atoms with E-state index in [2.05, 4.69) is 4.98 Å². The molecule has 0 radical (unpaired) electrons. The van der Waals surface area contributed by atoms with E-state index in [-0.39, 0.29) is 0 Å². The van der Waals surface area contributed by atoms with Gasteiger partial charge in [-0.25, -0.2) is 14.2 Å². The molecule has 0 saturated carbocycles. The largest absolute Gasteiger partial charge is 0.478 e. The SMILES string of the molecule is O=C(O)c1cc(F)cc2[nH]c(C(F)(F)C(F)(F)F)nc12. The van der Waals surface area contributed by atoms with Crippen LogP contribution in [0.1, 0.15) is 16.2 Å². The highest BCUT2D eigenvalue weighted by atomic mass is 19.4. The van der Waals surface area contributed by atoms with Crippen molar-refractivity contribution in [2.45, 2.75) is 12.1 Å². The van der Waals surface area contributed by atoms with Gasteiger partial charge >= 0.3 is 18.1 Å². The molecule has 0 spiro atoms. The Balaban J connectivity index is 2.72. The van der Waals surface area contributed by atoms with Crippen LogP contribution in [0.25, 0.3) is 11.0 Å². The fourth-order valence-electron chi connectivity index (χ4n) is 1.53. The highest BCUT2D eigenvalue weighted by Gasteiger charge is 2.61. The van der Waals surface area contributed by atoms with E-state index in [0.717, 1.165) is 0 Å². The van der Waals surface area contributed by atoms with Crippen LogP contribution in [0.2, 0.25) is 0 Å². The zero-order valence-electron chi connectivity index (χ0n) is 9.23. The summed E-state index contributed by atoms with van der Waals surface area (Å²) in [6.45, 7) is 0. The number of nitrogens with zero attached hydrogens (tertiary/aromatic N) is 1. The van der Waals surface area contributed by atoms with E-state index in [1.54, 1.807) is 4.98 Å². The lowest BCUT2D eigenvalue weighted by Gasteiger charge is -2.16. The molecule has 0 fully saturated rings. The van der Waals surface area contributed by atoms with E-state index in [1.807, 2.05) is 0 Å². The summed E-state index contributed by atoms with van der Waals surface area (Å²) in [6.07, 6.45) is -5.91. The lowest BCUT2D eigenvalue weighted by molar-refractivity contribution is -0.292. The maximum Gasteiger partial charge on any atom is 0.461 e. The summed E-state index contributed by atoms with van der Waals surface area (Å²) in [5, 5.41) is 8.75. The third kappa shape index (κ3) is 2.06. The molecule has 0 saturated heterocycles. The van der Waals surface area contributed by atoms with Gasteiger partial charge in [-0.05, 0) is 12.1 Å². The van der Waals surface area contributed by atoms with Crippen molar-refractivity contribution in [3.8, 4) is 0 Å². The Kier molecular flexibility index (Phi) is 2.91. The monoisotopic (exact) mass is 298 g/mol. The Hall–Kier alpha value is -2.26. The molecule has 0 aliphatic rings. The van der Waals surface area contributed by atoms with Crippen LogP contribution in [0.4, 0.5) is 26.3 Å². The summed E-state index contributed by atoms with van der Waals surface area (Å²) >= 11 is 0. The molecule has 2 rings (SSSR count). The minimum atomic E-state index is -5.91. The number of hydrogen-bond donors (Lipinski definition) is 2. The molecule has 0 atom stereocenters. The average molecular weight is 298 g/mol. The third-order valence-corrected chi connectivity index (χ3v) is 2.44. The first-order valence-electron chi connectivity index (χ1n) is 4.91. The molecule has 0 aliphatic heterocycles. The van der Waals surface area contributed by atoms with Gasteiger partial charge in [0.15, 0.2) is 5.82 Å². The molecule has 0 unspecified atom stereocenters. The summed E-state index contributed by atoms with van der Waals surface area (Å²) in [5.74, 6) is -9.92. The number of rotatable bonds is 2. The maximum atomic E-state index is 13.1. The molecule has 4 nitrogen and oxygen atoms in total. The van der Waals surface area contributed by atoms with Gasteiger partial charge in [0.25, 0.3) is 0 Å². The number of aromatic amines is 1. The van der Waals surface area contributed by atoms with Crippen LogP contribution >= 0.6 is 0 Å². The van der Waals surface area contributed by atoms with Crippen molar-refractivity contribution in [1.29, 1.82) is 0 Å². The number of benzene rings is 1. The molecule has 1 heterocycles. The smallest absolute Gasteiger partial charge is 0.461 e. The van der Waals surface area contributed by atoms with Gasteiger partial charge < -0.3 is 10.1 Å². The average Bonchev–Trinajstić information content (AvgIpc) is 2.69. The zero-order valence-corrected chi connectivity index (χ0v) is 9.23. The standard InChI is InChI=1S/C10H4F6N2O2/c11-3-1-4(7(19)20)6-5(2-3)17-8(18-6)9(12,13)10(14,15)16/h1-2H,(H,17,18)(H,19,20). The van der Waals surface area contributed by atoms with E-state index in [1.165, 1.54) is 0 Å². The number of carboxylic acid groups (broad SMARTS) is 1. The predicted molar refractivity (Wildman–Crippen MR) is 53.0 cm³/mol.